The van der Waals surface area contributed by atoms with E-state index in [2.05, 4.69) is 25.2 Å². The van der Waals surface area contributed by atoms with Crippen molar-refractivity contribution in [3.05, 3.63) is 0 Å². The highest BCUT2D eigenvalue weighted by Gasteiger charge is 2.23. The van der Waals surface area contributed by atoms with E-state index < -0.39 is 5.54 Å². The monoisotopic (exact) mass is 230 g/mol. The standard InChI is InChI=1S/C11H22N2OS/c1-10(2)13-11(3,8-12)9-15-7-5-6-14-4/h10,13H,5-7,9H2,1-4H3. The van der Waals surface area contributed by atoms with Crippen molar-refractivity contribution in [2.24, 2.45) is 0 Å². The van der Waals surface area contributed by atoms with Gasteiger partial charge in [-0.3, -0.25) is 5.32 Å². The molecular weight excluding hydrogens is 208 g/mol. The predicted molar refractivity (Wildman–Crippen MR) is 66.1 cm³/mol. The summed E-state index contributed by atoms with van der Waals surface area (Å²) >= 11 is 1.80. The van der Waals surface area contributed by atoms with Crippen LogP contribution in [0.2, 0.25) is 0 Å². The first kappa shape index (κ1) is 14.8. The van der Waals surface area contributed by atoms with E-state index in [-0.39, 0.29) is 0 Å². The number of hydrogen-bond acceptors (Lipinski definition) is 4. The lowest BCUT2D eigenvalue weighted by atomic mass is 10.1. The van der Waals surface area contributed by atoms with Crippen LogP contribution in [-0.4, -0.2) is 36.8 Å². The maximum atomic E-state index is 9.09. The number of nitrogens with one attached hydrogen (secondary N) is 1. The fourth-order valence-electron chi connectivity index (χ4n) is 1.32. The number of thioether (sulfide) groups is 1. The normalized spacial score (nSPS) is 14.9. The molecule has 0 aromatic carbocycles. The van der Waals surface area contributed by atoms with Gasteiger partial charge >= 0.3 is 0 Å². The Morgan fingerprint density at radius 3 is 2.67 bits per heavy atom. The largest absolute Gasteiger partial charge is 0.385 e. The third kappa shape index (κ3) is 7.66. The van der Waals surface area contributed by atoms with Crippen molar-refractivity contribution in [3.8, 4) is 6.07 Å². The van der Waals surface area contributed by atoms with Gasteiger partial charge in [-0.25, -0.2) is 0 Å². The molecule has 0 aromatic rings. The molecule has 1 atom stereocenters. The van der Waals surface area contributed by atoms with Crippen LogP contribution in [0.25, 0.3) is 0 Å². The lowest BCUT2D eigenvalue weighted by Gasteiger charge is -2.25. The maximum Gasteiger partial charge on any atom is 0.113 e. The van der Waals surface area contributed by atoms with E-state index in [0.29, 0.717) is 6.04 Å². The molecule has 0 saturated heterocycles. The molecule has 4 heteroatoms. The molecule has 0 fully saturated rings. The molecule has 88 valence electrons. The van der Waals surface area contributed by atoms with Gasteiger partial charge in [0.1, 0.15) is 5.54 Å². The number of rotatable bonds is 8. The highest BCUT2D eigenvalue weighted by Crippen LogP contribution is 2.14. The lowest BCUT2D eigenvalue weighted by molar-refractivity contribution is 0.200. The topological polar surface area (TPSA) is 45.0 Å². The molecular formula is C11H22N2OS. The molecule has 1 unspecified atom stereocenters. The molecule has 0 spiro atoms. The van der Waals surface area contributed by atoms with E-state index in [1.54, 1.807) is 18.9 Å². The van der Waals surface area contributed by atoms with Gasteiger partial charge in [-0.2, -0.15) is 17.0 Å². The second kappa shape index (κ2) is 7.98. The fraction of sp³-hybridized carbons (Fsp3) is 0.909. The minimum atomic E-state index is -0.411. The quantitative estimate of drug-likeness (QED) is 0.648. The van der Waals surface area contributed by atoms with Crippen molar-refractivity contribution in [1.82, 2.24) is 5.32 Å². The summed E-state index contributed by atoms with van der Waals surface area (Å²) in [7, 11) is 1.71. The van der Waals surface area contributed by atoms with Crippen LogP contribution in [0.1, 0.15) is 27.2 Å². The molecule has 0 aliphatic rings. The molecule has 0 heterocycles. The summed E-state index contributed by atoms with van der Waals surface area (Å²) in [6.07, 6.45) is 1.05. The van der Waals surface area contributed by atoms with Crippen LogP contribution >= 0.6 is 11.8 Å². The predicted octanol–water partition coefficient (Wildman–Crippen LogP) is 2.04. The smallest absolute Gasteiger partial charge is 0.113 e. The van der Waals surface area contributed by atoms with Gasteiger partial charge in [0.25, 0.3) is 0 Å². The fourth-order valence-corrected chi connectivity index (χ4v) is 2.35. The highest BCUT2D eigenvalue weighted by atomic mass is 32.2. The Morgan fingerprint density at radius 1 is 1.53 bits per heavy atom. The van der Waals surface area contributed by atoms with Crippen LogP contribution in [0.4, 0.5) is 0 Å². The summed E-state index contributed by atoms with van der Waals surface area (Å²) in [5.74, 6) is 1.87. The summed E-state index contributed by atoms with van der Waals surface area (Å²) in [4.78, 5) is 0. The summed E-state index contributed by atoms with van der Waals surface area (Å²) in [5, 5.41) is 12.4. The lowest BCUT2D eigenvalue weighted by Crippen LogP contribution is -2.47. The van der Waals surface area contributed by atoms with E-state index in [4.69, 9.17) is 10.00 Å². The van der Waals surface area contributed by atoms with Gasteiger partial charge in [-0.05, 0) is 32.9 Å². The van der Waals surface area contributed by atoms with Gasteiger partial charge in [0.05, 0.1) is 6.07 Å². The summed E-state index contributed by atoms with van der Waals surface area (Å²) < 4.78 is 4.97. The van der Waals surface area contributed by atoms with Gasteiger partial charge in [-0.1, -0.05) is 0 Å². The van der Waals surface area contributed by atoms with Crippen molar-refractivity contribution in [1.29, 1.82) is 5.26 Å². The Balaban J connectivity index is 3.74. The summed E-state index contributed by atoms with van der Waals surface area (Å²) in [5.41, 5.74) is -0.411. The van der Waals surface area contributed by atoms with Gasteiger partial charge in [0.2, 0.25) is 0 Å². The molecule has 0 aromatic heterocycles. The van der Waals surface area contributed by atoms with Crippen LogP contribution in [-0.2, 0) is 4.74 Å². The minimum Gasteiger partial charge on any atom is -0.385 e. The summed E-state index contributed by atoms with van der Waals surface area (Å²) in [6, 6.07) is 2.68. The van der Waals surface area contributed by atoms with E-state index in [0.717, 1.165) is 24.5 Å². The van der Waals surface area contributed by atoms with Crippen LogP contribution in [0.15, 0.2) is 0 Å². The molecule has 0 aliphatic heterocycles. The van der Waals surface area contributed by atoms with Crippen molar-refractivity contribution >= 4 is 11.8 Å². The second-order valence-electron chi connectivity index (χ2n) is 4.14. The Bertz CT molecular complexity index is 203. The Labute approximate surface area is 97.6 Å². The van der Waals surface area contributed by atoms with Crippen molar-refractivity contribution in [2.45, 2.75) is 38.8 Å². The number of nitriles is 1. The Kier molecular flexibility index (Phi) is 7.85. The van der Waals surface area contributed by atoms with E-state index >= 15 is 0 Å². The van der Waals surface area contributed by atoms with Crippen molar-refractivity contribution in [3.63, 3.8) is 0 Å². The average Bonchev–Trinajstić information content (AvgIpc) is 2.16. The number of nitrogens with zero attached hydrogens (tertiary/aromatic N) is 1. The zero-order valence-corrected chi connectivity index (χ0v) is 11.0. The van der Waals surface area contributed by atoms with Crippen molar-refractivity contribution in [2.75, 3.05) is 25.2 Å². The molecule has 0 radical (unpaired) electrons. The molecule has 0 rings (SSSR count). The van der Waals surface area contributed by atoms with Crippen LogP contribution in [0.3, 0.4) is 0 Å². The Morgan fingerprint density at radius 2 is 2.20 bits per heavy atom. The number of ether oxygens (including phenoxy) is 1. The zero-order valence-electron chi connectivity index (χ0n) is 10.2. The summed E-state index contributed by atoms with van der Waals surface area (Å²) in [6.45, 7) is 6.88. The van der Waals surface area contributed by atoms with Gasteiger partial charge in [-0.15, -0.1) is 0 Å². The maximum absolute atomic E-state index is 9.09. The molecule has 0 aliphatic carbocycles. The first-order chi connectivity index (χ1) is 7.04. The minimum absolute atomic E-state index is 0.342. The van der Waals surface area contributed by atoms with Gasteiger partial charge in [0, 0.05) is 25.5 Å². The SMILES string of the molecule is COCCCSCC(C)(C#N)NC(C)C. The molecule has 0 saturated carbocycles. The van der Waals surface area contributed by atoms with E-state index in [1.165, 1.54) is 0 Å². The molecule has 15 heavy (non-hydrogen) atoms. The first-order valence-corrected chi connectivity index (χ1v) is 6.45. The van der Waals surface area contributed by atoms with Gasteiger partial charge in [0.15, 0.2) is 0 Å². The molecule has 0 amide bonds. The Hall–Kier alpha value is -0.240. The van der Waals surface area contributed by atoms with Gasteiger partial charge < -0.3 is 4.74 Å². The molecule has 0 bridgehead atoms. The molecule has 1 N–H and O–H groups in total. The van der Waals surface area contributed by atoms with Crippen LogP contribution < -0.4 is 5.32 Å². The van der Waals surface area contributed by atoms with Crippen LogP contribution in [0.5, 0.6) is 0 Å². The number of hydrogen-bond donors (Lipinski definition) is 1. The van der Waals surface area contributed by atoms with Crippen molar-refractivity contribution < 1.29 is 4.74 Å². The first-order valence-electron chi connectivity index (χ1n) is 5.29. The average molecular weight is 230 g/mol. The van der Waals surface area contributed by atoms with E-state index in [1.807, 2.05) is 6.92 Å². The molecule has 3 nitrogen and oxygen atoms in total. The number of methoxy groups -OCH3 is 1. The highest BCUT2D eigenvalue weighted by molar-refractivity contribution is 7.99. The zero-order chi connectivity index (χ0) is 11.7. The van der Waals surface area contributed by atoms with E-state index in [9.17, 15) is 0 Å². The third-order valence-electron chi connectivity index (χ3n) is 1.88. The second-order valence-corrected chi connectivity index (χ2v) is 5.25. The van der Waals surface area contributed by atoms with Crippen LogP contribution in [0, 0.1) is 11.3 Å². The third-order valence-corrected chi connectivity index (χ3v) is 3.24.